The van der Waals surface area contributed by atoms with E-state index in [9.17, 15) is 4.79 Å². The lowest BCUT2D eigenvalue weighted by Crippen LogP contribution is -1.97. The van der Waals surface area contributed by atoms with E-state index < -0.39 is 0 Å². The van der Waals surface area contributed by atoms with Gasteiger partial charge in [-0.05, 0) is 31.0 Å². The van der Waals surface area contributed by atoms with Crippen molar-refractivity contribution in [3.63, 3.8) is 0 Å². The number of hydrogen-bond acceptors (Lipinski definition) is 1. The molecule has 0 aliphatic rings. The zero-order chi connectivity index (χ0) is 10.6. The molecule has 1 aromatic carbocycles. The molecule has 0 amide bonds. The molecule has 1 rings (SSSR count). The summed E-state index contributed by atoms with van der Waals surface area (Å²) < 4.78 is 0. The van der Waals surface area contributed by atoms with Gasteiger partial charge >= 0.3 is 0 Å². The molecule has 0 atom stereocenters. The van der Waals surface area contributed by atoms with E-state index in [0.29, 0.717) is 6.42 Å². The van der Waals surface area contributed by atoms with Crippen LogP contribution in [0.15, 0.2) is 24.3 Å². The fraction of sp³-hybridized carbons (Fsp3) is 0.308. The maximum absolute atomic E-state index is 11.4. The summed E-state index contributed by atoms with van der Waals surface area (Å²) in [5.41, 5.74) is 3.15. The van der Waals surface area contributed by atoms with E-state index in [0.717, 1.165) is 11.1 Å². The lowest BCUT2D eigenvalue weighted by molar-refractivity contribution is 0.0988. The number of ketones is 1. The molecular formula is C13H16O. The van der Waals surface area contributed by atoms with E-state index in [1.54, 1.807) is 0 Å². The first-order valence-electron chi connectivity index (χ1n) is 4.95. The van der Waals surface area contributed by atoms with Gasteiger partial charge in [0.1, 0.15) is 0 Å². The maximum atomic E-state index is 11.4. The average Bonchev–Trinajstić information content (AvgIpc) is 2.20. The third-order valence-electron chi connectivity index (χ3n) is 2.26. The van der Waals surface area contributed by atoms with Gasteiger partial charge in [0.25, 0.3) is 0 Å². The number of carbonyl (C=O) groups is 1. The van der Waals surface area contributed by atoms with Crippen molar-refractivity contribution < 1.29 is 4.79 Å². The molecule has 1 nitrogen and oxygen atoms in total. The minimum atomic E-state index is 0.208. The zero-order valence-electron chi connectivity index (χ0n) is 9.00. The number of carbonyl (C=O) groups excluding carboxylic acids is 1. The van der Waals surface area contributed by atoms with Crippen LogP contribution in [0.1, 0.15) is 41.8 Å². The molecule has 0 bridgehead atoms. The molecule has 0 saturated heterocycles. The number of Topliss-reactive ketones (excluding diaryl/α,β-unsaturated/α-hetero) is 1. The van der Waals surface area contributed by atoms with Crippen LogP contribution in [0.2, 0.25) is 0 Å². The highest BCUT2D eigenvalue weighted by Crippen LogP contribution is 2.14. The Kier molecular flexibility index (Phi) is 3.63. The van der Waals surface area contributed by atoms with Gasteiger partial charge in [0.2, 0.25) is 0 Å². The van der Waals surface area contributed by atoms with Gasteiger partial charge in [-0.1, -0.05) is 31.2 Å². The van der Waals surface area contributed by atoms with Crippen LogP contribution in [0.5, 0.6) is 0 Å². The van der Waals surface area contributed by atoms with Gasteiger partial charge in [-0.3, -0.25) is 4.79 Å². The summed E-state index contributed by atoms with van der Waals surface area (Å²) in [5, 5.41) is 0. The highest BCUT2D eigenvalue weighted by Gasteiger charge is 2.03. The predicted octanol–water partition coefficient (Wildman–Crippen LogP) is 3.62. The van der Waals surface area contributed by atoms with E-state index in [1.165, 1.54) is 5.56 Å². The van der Waals surface area contributed by atoms with Crippen LogP contribution >= 0.6 is 0 Å². The third-order valence-corrected chi connectivity index (χ3v) is 2.26. The van der Waals surface area contributed by atoms with Crippen molar-refractivity contribution in [2.45, 2.75) is 27.2 Å². The molecule has 74 valence electrons. The van der Waals surface area contributed by atoms with E-state index in [-0.39, 0.29) is 5.78 Å². The maximum Gasteiger partial charge on any atom is 0.162 e. The molecule has 0 saturated carbocycles. The Morgan fingerprint density at radius 1 is 1.43 bits per heavy atom. The molecule has 0 unspecified atom stereocenters. The molecular weight excluding hydrogens is 172 g/mol. The Balaban J connectivity index is 3.06. The summed E-state index contributed by atoms with van der Waals surface area (Å²) in [6.07, 6.45) is 4.63. The zero-order valence-corrected chi connectivity index (χ0v) is 9.00. The molecule has 1 aromatic rings. The SMILES string of the molecule is C/C=C\c1ccc(C(=O)CC)cc1C. The van der Waals surface area contributed by atoms with Crippen LogP contribution in [0.25, 0.3) is 6.08 Å². The predicted molar refractivity (Wildman–Crippen MR) is 60.5 cm³/mol. The molecule has 0 aliphatic heterocycles. The van der Waals surface area contributed by atoms with E-state index in [2.05, 4.69) is 6.08 Å². The van der Waals surface area contributed by atoms with Gasteiger partial charge < -0.3 is 0 Å². The first-order valence-corrected chi connectivity index (χ1v) is 4.95. The standard InChI is InChI=1S/C13H16O/c1-4-6-11-7-8-12(9-10(11)3)13(14)5-2/h4,6-9H,5H2,1-3H3/b6-4-. The quantitative estimate of drug-likeness (QED) is 0.662. The molecule has 0 spiro atoms. The number of aryl methyl sites for hydroxylation is 1. The molecule has 0 fully saturated rings. The molecule has 0 radical (unpaired) electrons. The van der Waals surface area contributed by atoms with Crippen LogP contribution < -0.4 is 0 Å². The Morgan fingerprint density at radius 3 is 2.64 bits per heavy atom. The normalized spacial score (nSPS) is 10.8. The molecule has 0 N–H and O–H groups in total. The second kappa shape index (κ2) is 4.75. The molecule has 0 aliphatic carbocycles. The Bertz CT molecular complexity index is 361. The summed E-state index contributed by atoms with van der Waals surface area (Å²) in [5.74, 6) is 0.208. The van der Waals surface area contributed by atoms with Crippen molar-refractivity contribution in [3.8, 4) is 0 Å². The Labute approximate surface area is 85.5 Å². The van der Waals surface area contributed by atoms with Crippen LogP contribution in [0, 0.1) is 6.92 Å². The number of allylic oxidation sites excluding steroid dienone is 1. The fourth-order valence-electron chi connectivity index (χ4n) is 1.42. The van der Waals surface area contributed by atoms with Gasteiger partial charge in [0.05, 0.1) is 0 Å². The van der Waals surface area contributed by atoms with Gasteiger partial charge in [-0.15, -0.1) is 0 Å². The summed E-state index contributed by atoms with van der Waals surface area (Å²) in [6.45, 7) is 5.91. The van der Waals surface area contributed by atoms with Gasteiger partial charge in [-0.25, -0.2) is 0 Å². The van der Waals surface area contributed by atoms with Crippen molar-refractivity contribution in [2.24, 2.45) is 0 Å². The molecule has 0 aromatic heterocycles. The van der Waals surface area contributed by atoms with Gasteiger partial charge in [-0.2, -0.15) is 0 Å². The fourth-order valence-corrected chi connectivity index (χ4v) is 1.42. The van der Waals surface area contributed by atoms with Crippen LogP contribution in [-0.2, 0) is 0 Å². The van der Waals surface area contributed by atoms with Crippen molar-refractivity contribution in [3.05, 3.63) is 41.0 Å². The van der Waals surface area contributed by atoms with Crippen LogP contribution in [0.3, 0.4) is 0 Å². The molecule has 0 heterocycles. The topological polar surface area (TPSA) is 17.1 Å². The van der Waals surface area contributed by atoms with Crippen molar-refractivity contribution in [2.75, 3.05) is 0 Å². The van der Waals surface area contributed by atoms with E-state index >= 15 is 0 Å². The van der Waals surface area contributed by atoms with Crippen molar-refractivity contribution in [1.82, 2.24) is 0 Å². The van der Waals surface area contributed by atoms with Crippen molar-refractivity contribution in [1.29, 1.82) is 0 Å². The second-order valence-electron chi connectivity index (χ2n) is 3.35. The monoisotopic (exact) mass is 188 g/mol. The van der Waals surface area contributed by atoms with Gasteiger partial charge in [0, 0.05) is 12.0 Å². The van der Waals surface area contributed by atoms with E-state index in [1.807, 2.05) is 45.0 Å². The number of benzene rings is 1. The first-order chi connectivity index (χ1) is 6.69. The van der Waals surface area contributed by atoms with Gasteiger partial charge in [0.15, 0.2) is 5.78 Å². The first kappa shape index (κ1) is 10.7. The van der Waals surface area contributed by atoms with Crippen LogP contribution in [-0.4, -0.2) is 5.78 Å². The lowest BCUT2D eigenvalue weighted by atomic mass is 10.0. The Morgan fingerprint density at radius 2 is 2.14 bits per heavy atom. The summed E-state index contributed by atoms with van der Waals surface area (Å²) in [6, 6.07) is 5.85. The second-order valence-corrected chi connectivity index (χ2v) is 3.35. The average molecular weight is 188 g/mol. The largest absolute Gasteiger partial charge is 0.294 e. The summed E-state index contributed by atoms with van der Waals surface area (Å²) in [4.78, 5) is 11.4. The smallest absolute Gasteiger partial charge is 0.162 e. The number of hydrogen-bond donors (Lipinski definition) is 0. The molecule has 14 heavy (non-hydrogen) atoms. The third kappa shape index (κ3) is 2.32. The van der Waals surface area contributed by atoms with Crippen LogP contribution in [0.4, 0.5) is 0 Å². The minimum absolute atomic E-state index is 0.208. The molecule has 1 heteroatoms. The van der Waals surface area contributed by atoms with E-state index in [4.69, 9.17) is 0 Å². The summed E-state index contributed by atoms with van der Waals surface area (Å²) in [7, 11) is 0. The lowest BCUT2D eigenvalue weighted by Gasteiger charge is -2.03. The number of rotatable bonds is 3. The minimum Gasteiger partial charge on any atom is -0.294 e. The highest BCUT2D eigenvalue weighted by atomic mass is 16.1. The summed E-state index contributed by atoms with van der Waals surface area (Å²) >= 11 is 0. The Hall–Kier alpha value is -1.37. The van der Waals surface area contributed by atoms with Crippen molar-refractivity contribution >= 4 is 11.9 Å². The highest BCUT2D eigenvalue weighted by molar-refractivity contribution is 5.96.